The Morgan fingerprint density at radius 1 is 1.38 bits per heavy atom. The lowest BCUT2D eigenvalue weighted by atomic mass is 10.0. The van der Waals surface area contributed by atoms with Crippen molar-refractivity contribution in [1.82, 2.24) is 10.2 Å². The second-order valence-corrected chi connectivity index (χ2v) is 4.93. The van der Waals surface area contributed by atoms with Crippen LogP contribution in [0.4, 0.5) is 13.6 Å². The summed E-state index contributed by atoms with van der Waals surface area (Å²) in [6.45, 7) is 3.15. The normalized spacial score (nSPS) is 17.2. The van der Waals surface area contributed by atoms with Crippen LogP contribution in [0.3, 0.4) is 0 Å². The fraction of sp³-hybridized carbons (Fsp3) is 0.846. The molecule has 1 N–H and O–H groups in total. The Hall–Kier alpha value is -1.44. The molecule has 0 unspecified atom stereocenters. The number of carbonyl (C=O) groups is 2. The van der Waals surface area contributed by atoms with Gasteiger partial charge < -0.3 is 19.7 Å². The molecular weight excluding hydrogens is 286 g/mol. The first-order chi connectivity index (χ1) is 9.89. The lowest BCUT2D eigenvalue weighted by molar-refractivity contribution is -0.146. The summed E-state index contributed by atoms with van der Waals surface area (Å²) in [5.74, 6) is -3.89. The van der Waals surface area contributed by atoms with E-state index in [9.17, 15) is 18.4 Å². The third-order valence-corrected chi connectivity index (χ3v) is 3.20. The van der Waals surface area contributed by atoms with Gasteiger partial charge in [0.2, 0.25) is 0 Å². The highest BCUT2D eigenvalue weighted by Gasteiger charge is 2.37. The molecule has 1 aliphatic rings. The summed E-state index contributed by atoms with van der Waals surface area (Å²) < 4.78 is 36.9. The summed E-state index contributed by atoms with van der Waals surface area (Å²) in [6, 6.07) is -1.91. The first-order valence-electron chi connectivity index (χ1n) is 6.98. The van der Waals surface area contributed by atoms with Crippen LogP contribution in [0.15, 0.2) is 0 Å². The highest BCUT2D eigenvalue weighted by Crippen LogP contribution is 2.26. The fourth-order valence-electron chi connectivity index (χ4n) is 2.11. The molecule has 0 saturated carbocycles. The molecule has 2 amide bonds. The largest absolute Gasteiger partial charge is 0.467 e. The van der Waals surface area contributed by atoms with Crippen LogP contribution in [0.25, 0.3) is 0 Å². The zero-order chi connectivity index (χ0) is 15.9. The Morgan fingerprint density at radius 3 is 2.52 bits per heavy atom. The number of esters is 1. The molecule has 6 nitrogen and oxygen atoms in total. The topological polar surface area (TPSA) is 67.9 Å². The van der Waals surface area contributed by atoms with Gasteiger partial charge in [-0.05, 0) is 0 Å². The molecule has 0 spiro atoms. The molecule has 1 heterocycles. The fourth-order valence-corrected chi connectivity index (χ4v) is 2.11. The van der Waals surface area contributed by atoms with Crippen molar-refractivity contribution in [3.05, 3.63) is 0 Å². The van der Waals surface area contributed by atoms with E-state index >= 15 is 0 Å². The minimum Gasteiger partial charge on any atom is -0.467 e. The zero-order valence-electron chi connectivity index (χ0n) is 12.4. The molecule has 0 aromatic heterocycles. The van der Waals surface area contributed by atoms with E-state index in [2.05, 4.69) is 10.1 Å². The first kappa shape index (κ1) is 17.6. The van der Waals surface area contributed by atoms with Crippen LogP contribution >= 0.6 is 0 Å². The van der Waals surface area contributed by atoms with Crippen LogP contribution in [-0.4, -0.2) is 62.3 Å². The van der Waals surface area contributed by atoms with Crippen LogP contribution in [0.2, 0.25) is 0 Å². The number of hydrogen-bond donors (Lipinski definition) is 1. The number of amides is 2. The van der Waals surface area contributed by atoms with Crippen molar-refractivity contribution in [3.8, 4) is 0 Å². The zero-order valence-corrected chi connectivity index (χ0v) is 12.4. The molecule has 0 aromatic carbocycles. The average molecular weight is 308 g/mol. The second-order valence-electron chi connectivity index (χ2n) is 4.93. The van der Waals surface area contributed by atoms with Crippen molar-refractivity contribution in [2.45, 2.75) is 38.2 Å². The Balaban J connectivity index is 2.64. The van der Waals surface area contributed by atoms with Crippen molar-refractivity contribution < 1.29 is 27.8 Å². The molecule has 1 saturated heterocycles. The highest BCUT2D eigenvalue weighted by molar-refractivity contribution is 5.83. The van der Waals surface area contributed by atoms with Gasteiger partial charge in [0.25, 0.3) is 5.92 Å². The number of hydrogen-bond acceptors (Lipinski definition) is 4. The van der Waals surface area contributed by atoms with Gasteiger partial charge in [0, 0.05) is 25.9 Å². The number of rotatable bonds is 6. The summed E-state index contributed by atoms with van der Waals surface area (Å²) in [6.07, 6.45) is -0.810. The number of nitrogens with zero attached hydrogens (tertiary/aromatic N) is 1. The summed E-state index contributed by atoms with van der Waals surface area (Å²) in [5, 5.41) is 2.33. The van der Waals surface area contributed by atoms with Gasteiger partial charge in [-0.15, -0.1) is 0 Å². The van der Waals surface area contributed by atoms with E-state index in [4.69, 9.17) is 4.74 Å². The maximum Gasteiger partial charge on any atom is 0.328 e. The standard InChI is InChI=1S/C13H22F2N2O4/c1-3-4-13(14,15)9-10(11(18)20-2)16-12(19)17-5-7-21-8-6-17/h10H,3-9H2,1-2H3,(H,16,19)/t10-/m1/s1. The van der Waals surface area contributed by atoms with Gasteiger partial charge in [-0.2, -0.15) is 0 Å². The monoisotopic (exact) mass is 308 g/mol. The summed E-state index contributed by atoms with van der Waals surface area (Å²) in [7, 11) is 1.11. The lowest BCUT2D eigenvalue weighted by Gasteiger charge is -2.29. The third-order valence-electron chi connectivity index (χ3n) is 3.20. The van der Waals surface area contributed by atoms with Crippen molar-refractivity contribution in [2.24, 2.45) is 0 Å². The van der Waals surface area contributed by atoms with Crippen LogP contribution in [-0.2, 0) is 14.3 Å². The van der Waals surface area contributed by atoms with E-state index in [0.29, 0.717) is 26.3 Å². The van der Waals surface area contributed by atoms with E-state index in [1.165, 1.54) is 4.90 Å². The molecule has 1 fully saturated rings. The predicted octanol–water partition coefficient (Wildman–Crippen LogP) is 1.40. The van der Waals surface area contributed by atoms with Crippen molar-refractivity contribution in [1.29, 1.82) is 0 Å². The number of ether oxygens (including phenoxy) is 2. The number of methoxy groups -OCH3 is 1. The number of carbonyl (C=O) groups excluding carboxylic acids is 2. The number of morpholine rings is 1. The van der Waals surface area contributed by atoms with Gasteiger partial charge in [0.1, 0.15) is 6.04 Å². The number of urea groups is 1. The molecule has 1 aliphatic heterocycles. The number of alkyl halides is 2. The molecule has 1 atom stereocenters. The summed E-state index contributed by atoms with van der Waals surface area (Å²) >= 11 is 0. The lowest BCUT2D eigenvalue weighted by Crippen LogP contribution is -2.52. The SMILES string of the molecule is CCCC(F)(F)C[C@@H](NC(=O)N1CCOCC1)C(=O)OC. The quantitative estimate of drug-likeness (QED) is 0.753. The van der Waals surface area contributed by atoms with E-state index in [1.807, 2.05) is 0 Å². The maximum absolute atomic E-state index is 13.7. The molecule has 8 heteroatoms. The predicted molar refractivity (Wildman–Crippen MR) is 71.2 cm³/mol. The van der Waals surface area contributed by atoms with Gasteiger partial charge >= 0.3 is 12.0 Å². The van der Waals surface area contributed by atoms with Crippen LogP contribution < -0.4 is 5.32 Å². The molecule has 0 aromatic rings. The minimum atomic E-state index is -3.02. The second kappa shape index (κ2) is 8.11. The van der Waals surface area contributed by atoms with E-state index < -0.39 is 30.4 Å². The van der Waals surface area contributed by atoms with Crippen LogP contribution in [0, 0.1) is 0 Å². The third kappa shape index (κ3) is 5.82. The first-order valence-corrected chi connectivity index (χ1v) is 6.98. The maximum atomic E-state index is 13.7. The van der Waals surface area contributed by atoms with E-state index in [0.717, 1.165) is 7.11 Å². The van der Waals surface area contributed by atoms with E-state index in [1.54, 1.807) is 6.92 Å². The van der Waals surface area contributed by atoms with Gasteiger partial charge in [0.05, 0.1) is 20.3 Å². The Bertz CT molecular complexity index is 360. The smallest absolute Gasteiger partial charge is 0.328 e. The average Bonchev–Trinajstić information content (AvgIpc) is 2.46. The minimum absolute atomic E-state index is 0.290. The molecular formula is C13H22F2N2O4. The van der Waals surface area contributed by atoms with Crippen molar-refractivity contribution in [2.75, 3.05) is 33.4 Å². The van der Waals surface area contributed by atoms with Gasteiger partial charge in [-0.3, -0.25) is 0 Å². The molecule has 0 aliphatic carbocycles. The Labute approximate surface area is 122 Å². The van der Waals surface area contributed by atoms with Gasteiger partial charge in [-0.25, -0.2) is 18.4 Å². The van der Waals surface area contributed by atoms with Gasteiger partial charge in [-0.1, -0.05) is 13.3 Å². The Kier molecular flexibility index (Phi) is 6.80. The van der Waals surface area contributed by atoms with Crippen LogP contribution in [0.5, 0.6) is 0 Å². The Morgan fingerprint density at radius 2 is 2.00 bits per heavy atom. The highest BCUT2D eigenvalue weighted by atomic mass is 19.3. The number of nitrogens with one attached hydrogen (secondary N) is 1. The number of halogens is 2. The van der Waals surface area contributed by atoms with Crippen LogP contribution in [0.1, 0.15) is 26.2 Å². The van der Waals surface area contributed by atoms with Crippen molar-refractivity contribution in [3.63, 3.8) is 0 Å². The molecule has 122 valence electrons. The van der Waals surface area contributed by atoms with Crippen molar-refractivity contribution >= 4 is 12.0 Å². The molecule has 21 heavy (non-hydrogen) atoms. The molecule has 1 rings (SSSR count). The van der Waals surface area contributed by atoms with E-state index in [-0.39, 0.29) is 12.8 Å². The molecule has 0 radical (unpaired) electrons. The summed E-state index contributed by atoms with van der Waals surface area (Å²) in [5.41, 5.74) is 0. The summed E-state index contributed by atoms with van der Waals surface area (Å²) in [4.78, 5) is 25.0. The molecule has 0 bridgehead atoms. The van der Waals surface area contributed by atoms with Gasteiger partial charge in [0.15, 0.2) is 0 Å².